The van der Waals surface area contributed by atoms with Crippen LogP contribution in [0.25, 0.3) is 10.9 Å². The Kier molecular flexibility index (Phi) is 7.05. The van der Waals surface area contributed by atoms with E-state index in [4.69, 9.17) is 9.47 Å². The van der Waals surface area contributed by atoms with Crippen molar-refractivity contribution in [3.05, 3.63) is 52.6 Å². The van der Waals surface area contributed by atoms with Crippen LogP contribution in [-0.4, -0.2) is 83.3 Å². The van der Waals surface area contributed by atoms with Gasteiger partial charge in [-0.15, -0.1) is 0 Å². The van der Waals surface area contributed by atoms with Crippen molar-refractivity contribution in [2.75, 3.05) is 61.6 Å². The molecule has 0 bridgehead atoms. The lowest BCUT2D eigenvalue weighted by molar-refractivity contribution is -0.126. The number of amides is 2. The minimum absolute atomic E-state index is 0.0790. The number of hydrogen-bond donors (Lipinski definition) is 2. The van der Waals surface area contributed by atoms with Crippen LogP contribution in [0.5, 0.6) is 5.75 Å². The Bertz CT molecular complexity index is 1500. The number of aryl methyl sites for hydroxylation is 1. The lowest BCUT2D eigenvalue weighted by Gasteiger charge is -2.36. The van der Waals surface area contributed by atoms with Crippen molar-refractivity contribution < 1.29 is 19.1 Å². The predicted octanol–water partition coefficient (Wildman–Crippen LogP) is 1.99. The van der Waals surface area contributed by atoms with E-state index >= 15 is 0 Å². The van der Waals surface area contributed by atoms with Gasteiger partial charge in [-0.05, 0) is 32.1 Å². The fourth-order valence-electron chi connectivity index (χ4n) is 4.77. The zero-order valence-electron chi connectivity index (χ0n) is 22.1. The molecule has 2 N–H and O–H groups in total. The molecule has 0 radical (unpaired) electrons. The van der Waals surface area contributed by atoms with Crippen molar-refractivity contribution >= 4 is 40.5 Å². The van der Waals surface area contributed by atoms with Gasteiger partial charge in [0.15, 0.2) is 0 Å². The van der Waals surface area contributed by atoms with Crippen molar-refractivity contribution in [3.8, 4) is 5.75 Å². The molecule has 0 saturated carbocycles. The van der Waals surface area contributed by atoms with Crippen molar-refractivity contribution in [1.29, 1.82) is 0 Å². The van der Waals surface area contributed by atoms with E-state index < -0.39 is 12.1 Å². The largest absolute Gasteiger partial charge is 0.495 e. The third-order valence-corrected chi connectivity index (χ3v) is 6.83. The number of cyclic esters (lactones) is 1. The number of pyridine rings is 1. The molecule has 2 amide bonds. The van der Waals surface area contributed by atoms with Gasteiger partial charge in [0, 0.05) is 43.2 Å². The van der Waals surface area contributed by atoms with Crippen LogP contribution in [-0.2, 0) is 9.53 Å². The molecule has 3 aromatic rings. The van der Waals surface area contributed by atoms with Gasteiger partial charge in [0.25, 0.3) is 5.56 Å². The first-order valence-corrected chi connectivity index (χ1v) is 12.6. The molecule has 2 fully saturated rings. The minimum atomic E-state index is -0.509. The third-order valence-electron chi connectivity index (χ3n) is 6.83. The van der Waals surface area contributed by atoms with Crippen molar-refractivity contribution in [2.24, 2.45) is 0 Å². The van der Waals surface area contributed by atoms with E-state index in [1.165, 1.54) is 11.0 Å². The summed E-state index contributed by atoms with van der Waals surface area (Å²) in [6.45, 7) is 10.2. The van der Waals surface area contributed by atoms with E-state index in [1.807, 2.05) is 25.1 Å². The number of carbonyl (C=O) groups excluding carboxylic acids is 2. The van der Waals surface area contributed by atoms with Crippen LogP contribution in [0, 0.1) is 6.92 Å². The maximum Gasteiger partial charge on any atom is 0.416 e. The van der Waals surface area contributed by atoms with Gasteiger partial charge in [-0.3, -0.25) is 9.59 Å². The molecular formula is C26H30N8O5. The Balaban J connectivity index is 1.42. The number of anilines is 3. The Morgan fingerprint density at radius 2 is 1.92 bits per heavy atom. The summed E-state index contributed by atoms with van der Waals surface area (Å²) in [4.78, 5) is 58.2. The minimum Gasteiger partial charge on any atom is -0.495 e. The molecule has 39 heavy (non-hydrogen) atoms. The Hall–Kier alpha value is -4.68. The standard InChI is InChI=1S/C26H30N8O5/c1-5-22(35)33-8-6-32(7-9-33)20-13-17-12-18(23(36)30-19(17)14-21(20)38-4)15(2)27-24-28-16(3)29-25(31-24)34-10-11-39-26(34)37/h5,12-15H,1,6-11H2,2-4H3,(H,30,36)(H,27,28,29,31)/t15-/m0/s1. The summed E-state index contributed by atoms with van der Waals surface area (Å²) in [6, 6.07) is 5.16. The summed E-state index contributed by atoms with van der Waals surface area (Å²) in [5.41, 5.74) is 1.75. The van der Waals surface area contributed by atoms with Gasteiger partial charge in [0.2, 0.25) is 17.8 Å². The van der Waals surface area contributed by atoms with Gasteiger partial charge in [-0.25, -0.2) is 9.69 Å². The number of H-pyrrole nitrogens is 1. The number of benzene rings is 1. The molecule has 2 saturated heterocycles. The smallest absolute Gasteiger partial charge is 0.416 e. The molecule has 0 aliphatic carbocycles. The molecule has 2 aliphatic heterocycles. The zero-order chi connectivity index (χ0) is 27.7. The number of rotatable bonds is 7. The highest BCUT2D eigenvalue weighted by atomic mass is 16.6. The van der Waals surface area contributed by atoms with Crippen molar-refractivity contribution in [2.45, 2.75) is 19.9 Å². The summed E-state index contributed by atoms with van der Waals surface area (Å²) in [6.07, 6.45) is 0.823. The van der Waals surface area contributed by atoms with Gasteiger partial charge < -0.3 is 29.6 Å². The van der Waals surface area contributed by atoms with Gasteiger partial charge in [0.05, 0.1) is 30.9 Å². The summed E-state index contributed by atoms with van der Waals surface area (Å²) < 4.78 is 10.6. The fourth-order valence-corrected chi connectivity index (χ4v) is 4.77. The Labute approximate surface area is 224 Å². The average molecular weight is 535 g/mol. The molecule has 2 aromatic heterocycles. The molecule has 1 aromatic carbocycles. The van der Waals surface area contributed by atoms with Crippen LogP contribution < -0.4 is 25.4 Å². The van der Waals surface area contributed by atoms with E-state index in [2.05, 4.69) is 36.7 Å². The third kappa shape index (κ3) is 5.19. The molecule has 13 nitrogen and oxygen atoms in total. The van der Waals surface area contributed by atoms with E-state index in [0.29, 0.717) is 55.4 Å². The predicted molar refractivity (Wildman–Crippen MR) is 145 cm³/mol. The number of aromatic nitrogens is 4. The van der Waals surface area contributed by atoms with Crippen LogP contribution in [0.4, 0.5) is 22.4 Å². The lowest BCUT2D eigenvalue weighted by Crippen LogP contribution is -2.48. The monoisotopic (exact) mass is 534 g/mol. The van der Waals surface area contributed by atoms with E-state index in [0.717, 1.165) is 11.1 Å². The van der Waals surface area contributed by atoms with Gasteiger partial charge >= 0.3 is 6.09 Å². The van der Waals surface area contributed by atoms with Crippen LogP contribution in [0.2, 0.25) is 0 Å². The first kappa shape index (κ1) is 25.9. The maximum absolute atomic E-state index is 13.1. The van der Waals surface area contributed by atoms with Gasteiger partial charge in [0.1, 0.15) is 18.2 Å². The Morgan fingerprint density at radius 1 is 1.15 bits per heavy atom. The fraction of sp³-hybridized carbons (Fsp3) is 0.385. The van der Waals surface area contributed by atoms with Gasteiger partial charge in [-0.2, -0.15) is 15.0 Å². The lowest BCUT2D eigenvalue weighted by atomic mass is 10.1. The molecular weight excluding hydrogens is 504 g/mol. The first-order chi connectivity index (χ1) is 18.8. The first-order valence-electron chi connectivity index (χ1n) is 12.6. The highest BCUT2D eigenvalue weighted by molar-refractivity contribution is 5.89. The van der Waals surface area contributed by atoms with E-state index in [1.54, 1.807) is 18.9 Å². The summed E-state index contributed by atoms with van der Waals surface area (Å²) in [5, 5.41) is 3.99. The molecule has 2 aliphatic rings. The van der Waals surface area contributed by atoms with Gasteiger partial charge in [-0.1, -0.05) is 6.58 Å². The number of methoxy groups -OCH3 is 1. The number of carbonyl (C=O) groups is 2. The number of ether oxygens (including phenoxy) is 2. The molecule has 204 valence electrons. The zero-order valence-corrected chi connectivity index (χ0v) is 22.1. The maximum atomic E-state index is 13.1. The SMILES string of the molecule is C=CC(=O)N1CCN(c2cc3cc([C@H](C)Nc4nc(C)nc(N5CCOC5=O)n4)c(=O)[nH]c3cc2OC)CC1. The normalized spacial score (nSPS) is 16.3. The van der Waals surface area contributed by atoms with E-state index in [9.17, 15) is 14.4 Å². The molecule has 5 rings (SSSR count). The molecule has 0 spiro atoms. The van der Waals surface area contributed by atoms with Crippen LogP contribution in [0.1, 0.15) is 24.4 Å². The second-order valence-electron chi connectivity index (χ2n) is 9.32. The number of nitrogens with one attached hydrogen (secondary N) is 2. The average Bonchev–Trinajstić information content (AvgIpc) is 3.37. The number of piperazine rings is 1. The topological polar surface area (TPSA) is 146 Å². The van der Waals surface area contributed by atoms with Crippen LogP contribution >= 0.6 is 0 Å². The highest BCUT2D eigenvalue weighted by Gasteiger charge is 2.27. The summed E-state index contributed by atoms with van der Waals surface area (Å²) in [7, 11) is 1.59. The number of aromatic amines is 1. The quantitative estimate of drug-likeness (QED) is 0.432. The van der Waals surface area contributed by atoms with Crippen LogP contribution in [0.3, 0.4) is 0 Å². The number of nitrogens with zero attached hydrogens (tertiary/aromatic N) is 6. The second kappa shape index (κ2) is 10.6. The van der Waals surface area contributed by atoms with Crippen molar-refractivity contribution in [1.82, 2.24) is 24.8 Å². The van der Waals surface area contributed by atoms with Crippen molar-refractivity contribution in [3.63, 3.8) is 0 Å². The summed E-state index contributed by atoms with van der Waals surface area (Å²) in [5.74, 6) is 1.41. The molecule has 4 heterocycles. The second-order valence-corrected chi connectivity index (χ2v) is 9.32. The number of hydrogen-bond acceptors (Lipinski definition) is 10. The highest BCUT2D eigenvalue weighted by Crippen LogP contribution is 2.33. The summed E-state index contributed by atoms with van der Waals surface area (Å²) >= 11 is 0. The molecule has 13 heteroatoms. The van der Waals surface area contributed by atoms with Crippen LogP contribution in [0.15, 0.2) is 35.6 Å². The number of fused-ring (bicyclic) bond motifs is 1. The molecule has 0 unspecified atom stereocenters. The molecule has 1 atom stereocenters. The van der Waals surface area contributed by atoms with E-state index in [-0.39, 0.29) is 30.0 Å². The Morgan fingerprint density at radius 3 is 2.59 bits per heavy atom.